The zero-order valence-corrected chi connectivity index (χ0v) is 4.21. The van der Waals surface area contributed by atoms with Crippen molar-refractivity contribution in [2.24, 2.45) is 0 Å². The molecule has 6 heavy (non-hydrogen) atoms. The fourth-order valence-electron chi connectivity index (χ4n) is 0.177. The second-order valence-electron chi connectivity index (χ2n) is 0.957. The van der Waals surface area contributed by atoms with Gasteiger partial charge in [-0.3, -0.25) is 5.43 Å². The second-order valence-corrected chi connectivity index (χ2v) is 0.957. The third kappa shape index (κ3) is 3.88. The molecule has 0 aliphatic rings. The first kappa shape index (κ1) is 5.88. The van der Waals surface area contributed by atoms with Gasteiger partial charge in [-0.1, -0.05) is 0 Å². The van der Waals surface area contributed by atoms with Crippen LogP contribution in [0.2, 0.25) is 0 Å². The van der Waals surface area contributed by atoms with Gasteiger partial charge in [0, 0.05) is 0 Å². The van der Waals surface area contributed by atoms with Crippen LogP contribution in [0.1, 0.15) is 0 Å². The molecule has 0 spiro atoms. The average molecular weight is 89.1 g/mol. The van der Waals surface area contributed by atoms with E-state index >= 15 is 0 Å². The lowest BCUT2D eigenvalue weighted by Crippen LogP contribution is -2.34. The van der Waals surface area contributed by atoms with Crippen molar-refractivity contribution in [1.82, 2.24) is 16.2 Å². The van der Waals surface area contributed by atoms with Gasteiger partial charge in [-0.25, -0.2) is 5.43 Å². The molecule has 3 nitrogen and oxygen atoms in total. The van der Waals surface area contributed by atoms with Crippen molar-refractivity contribution >= 4 is 0 Å². The molecule has 0 amide bonds. The lowest BCUT2D eigenvalue weighted by atomic mass is 11.1. The van der Waals surface area contributed by atoms with Gasteiger partial charge in [-0.05, 0) is 14.1 Å². The Morgan fingerprint density at radius 3 is 2.17 bits per heavy atom. The largest absolute Gasteiger partial charge is 0.307 e. The first-order valence-corrected chi connectivity index (χ1v) is 1.96. The summed E-state index contributed by atoms with van der Waals surface area (Å²) in [4.78, 5) is 0. The molecule has 0 heterocycles. The summed E-state index contributed by atoms with van der Waals surface area (Å²) in [5.41, 5.74) is 5.59. The first-order chi connectivity index (χ1) is 2.91. The Morgan fingerprint density at radius 2 is 2.00 bits per heavy atom. The Kier molecular flexibility index (Phi) is 4.78. The Bertz CT molecular complexity index is 18.0. The van der Waals surface area contributed by atoms with Gasteiger partial charge in [0.15, 0.2) is 0 Å². The van der Waals surface area contributed by atoms with Crippen LogP contribution in [0.15, 0.2) is 0 Å². The summed E-state index contributed by atoms with van der Waals surface area (Å²) < 4.78 is 0. The predicted octanol–water partition coefficient (Wildman–Crippen LogP) is -1.11. The van der Waals surface area contributed by atoms with E-state index in [-0.39, 0.29) is 0 Å². The van der Waals surface area contributed by atoms with E-state index < -0.39 is 0 Å². The van der Waals surface area contributed by atoms with Crippen LogP contribution in [-0.2, 0) is 0 Å². The third-order valence-electron chi connectivity index (χ3n) is 0.442. The quantitative estimate of drug-likeness (QED) is 0.233. The molecule has 38 valence electrons. The minimum Gasteiger partial charge on any atom is -0.307 e. The van der Waals surface area contributed by atoms with E-state index in [0.29, 0.717) is 0 Å². The number of hydrazine groups is 1. The molecule has 0 aromatic rings. The van der Waals surface area contributed by atoms with Crippen molar-refractivity contribution in [3.05, 3.63) is 0 Å². The molecule has 0 aromatic heterocycles. The molecule has 3 heteroatoms. The lowest BCUT2D eigenvalue weighted by Gasteiger charge is -1.96. The van der Waals surface area contributed by atoms with Gasteiger partial charge in [0.1, 0.15) is 0 Å². The highest BCUT2D eigenvalue weighted by Crippen LogP contribution is 1.31. The second kappa shape index (κ2) is 4.88. The number of hydrogen-bond donors (Lipinski definition) is 3. The molecule has 0 saturated heterocycles. The zero-order valence-electron chi connectivity index (χ0n) is 4.21. The van der Waals surface area contributed by atoms with Crippen molar-refractivity contribution in [2.45, 2.75) is 0 Å². The van der Waals surface area contributed by atoms with Crippen molar-refractivity contribution in [3.63, 3.8) is 0 Å². The van der Waals surface area contributed by atoms with Crippen LogP contribution >= 0.6 is 0 Å². The maximum absolute atomic E-state index is 2.90. The molecule has 0 rings (SSSR count). The molecule has 0 saturated carbocycles. The van der Waals surface area contributed by atoms with Gasteiger partial charge >= 0.3 is 0 Å². The Morgan fingerprint density at radius 1 is 1.33 bits per heavy atom. The molecule has 0 unspecified atom stereocenters. The fourth-order valence-corrected chi connectivity index (χ4v) is 0.177. The van der Waals surface area contributed by atoms with Gasteiger partial charge in [-0.15, -0.1) is 0 Å². The summed E-state index contributed by atoms with van der Waals surface area (Å²) in [6.45, 7) is 0.802. The van der Waals surface area contributed by atoms with E-state index in [9.17, 15) is 0 Å². The molecular weight excluding hydrogens is 78.1 g/mol. The normalized spacial score (nSPS) is 9.00. The summed E-state index contributed by atoms with van der Waals surface area (Å²) in [5.74, 6) is 0. The van der Waals surface area contributed by atoms with Crippen molar-refractivity contribution in [1.29, 1.82) is 0 Å². The van der Waals surface area contributed by atoms with Crippen molar-refractivity contribution in [2.75, 3.05) is 20.8 Å². The van der Waals surface area contributed by atoms with Crippen molar-refractivity contribution < 1.29 is 0 Å². The van der Waals surface area contributed by atoms with Gasteiger partial charge in [0.2, 0.25) is 0 Å². The minimum atomic E-state index is 0.802. The van der Waals surface area contributed by atoms with E-state index in [4.69, 9.17) is 0 Å². The van der Waals surface area contributed by atoms with Gasteiger partial charge in [-0.2, -0.15) is 0 Å². The standard InChI is InChI=1S/C3H11N3/c1-4-3-6-5-2/h4-6H,3H2,1-2H3. The van der Waals surface area contributed by atoms with E-state index in [0.717, 1.165) is 6.67 Å². The van der Waals surface area contributed by atoms with Crippen molar-refractivity contribution in [3.8, 4) is 0 Å². The van der Waals surface area contributed by atoms with E-state index in [1.165, 1.54) is 0 Å². The lowest BCUT2D eigenvalue weighted by molar-refractivity contribution is 0.559. The highest BCUT2D eigenvalue weighted by molar-refractivity contribution is 4.23. The summed E-state index contributed by atoms with van der Waals surface area (Å²) in [6, 6.07) is 0. The monoisotopic (exact) mass is 89.1 g/mol. The molecule has 0 aromatic carbocycles. The van der Waals surface area contributed by atoms with E-state index in [1.54, 1.807) is 0 Å². The topological polar surface area (TPSA) is 36.1 Å². The minimum absolute atomic E-state index is 0.802. The first-order valence-electron chi connectivity index (χ1n) is 1.96. The Labute approximate surface area is 38.1 Å². The molecule has 0 aliphatic heterocycles. The predicted molar refractivity (Wildman–Crippen MR) is 26.1 cm³/mol. The average Bonchev–Trinajstić information content (AvgIpc) is 1.61. The molecule has 3 N–H and O–H groups in total. The zero-order chi connectivity index (χ0) is 4.83. The SMILES string of the molecule is CNCNNC. The maximum atomic E-state index is 2.90. The maximum Gasteiger partial charge on any atom is 0.0587 e. The Balaban J connectivity index is 2.34. The summed E-state index contributed by atoms with van der Waals surface area (Å²) >= 11 is 0. The molecule has 0 bridgehead atoms. The van der Waals surface area contributed by atoms with Crippen LogP contribution in [0.25, 0.3) is 0 Å². The number of nitrogens with one attached hydrogen (secondary N) is 3. The highest BCUT2D eigenvalue weighted by Gasteiger charge is 1.66. The molecule has 0 aliphatic carbocycles. The van der Waals surface area contributed by atoms with Crippen LogP contribution < -0.4 is 16.2 Å². The molecule has 0 atom stereocenters. The smallest absolute Gasteiger partial charge is 0.0587 e. The van der Waals surface area contributed by atoms with Crippen LogP contribution in [0.3, 0.4) is 0 Å². The van der Waals surface area contributed by atoms with Gasteiger partial charge in [0.25, 0.3) is 0 Å². The summed E-state index contributed by atoms with van der Waals surface area (Å²) in [7, 11) is 3.71. The van der Waals surface area contributed by atoms with Crippen LogP contribution in [0.5, 0.6) is 0 Å². The molecule has 0 radical (unpaired) electrons. The van der Waals surface area contributed by atoms with Crippen LogP contribution in [0.4, 0.5) is 0 Å². The summed E-state index contributed by atoms with van der Waals surface area (Å²) in [6.07, 6.45) is 0. The summed E-state index contributed by atoms with van der Waals surface area (Å²) in [5, 5.41) is 2.90. The molecular formula is C3H11N3. The number of rotatable bonds is 3. The van der Waals surface area contributed by atoms with E-state index in [2.05, 4.69) is 16.2 Å². The van der Waals surface area contributed by atoms with Crippen LogP contribution in [0, 0.1) is 0 Å². The van der Waals surface area contributed by atoms with Gasteiger partial charge in [0.05, 0.1) is 6.67 Å². The Hall–Kier alpha value is -0.120. The number of hydrogen-bond acceptors (Lipinski definition) is 3. The van der Waals surface area contributed by atoms with E-state index in [1.807, 2.05) is 14.1 Å². The van der Waals surface area contributed by atoms with Crippen LogP contribution in [-0.4, -0.2) is 20.8 Å². The fraction of sp³-hybridized carbons (Fsp3) is 1.00. The highest BCUT2D eigenvalue weighted by atomic mass is 15.4. The van der Waals surface area contributed by atoms with Gasteiger partial charge < -0.3 is 5.32 Å². The molecule has 0 fully saturated rings. The third-order valence-corrected chi connectivity index (χ3v) is 0.442.